The van der Waals surface area contributed by atoms with E-state index in [1.165, 1.54) is 0 Å². The first kappa shape index (κ1) is 9.98. The van der Waals surface area contributed by atoms with Gasteiger partial charge in [0, 0.05) is 13.5 Å². The van der Waals surface area contributed by atoms with E-state index in [2.05, 4.69) is 10.6 Å². The predicted molar refractivity (Wildman–Crippen MR) is 46.2 cm³/mol. The molecule has 0 radical (unpaired) electrons. The van der Waals surface area contributed by atoms with Crippen LogP contribution in [-0.2, 0) is 9.53 Å². The maximum atomic E-state index is 11.1. The molecule has 0 aromatic rings. The fourth-order valence-corrected chi connectivity index (χ4v) is 1.18. The van der Waals surface area contributed by atoms with E-state index < -0.39 is 17.7 Å². The lowest BCUT2D eigenvalue weighted by Gasteiger charge is -2.24. The summed E-state index contributed by atoms with van der Waals surface area (Å²) in [6.07, 6.45) is 0.473. The number of nitrogens with one attached hydrogen (secondary N) is 2. The van der Waals surface area contributed by atoms with Crippen molar-refractivity contribution in [3.05, 3.63) is 0 Å². The van der Waals surface area contributed by atoms with Gasteiger partial charge in [-0.05, 0) is 13.8 Å². The van der Waals surface area contributed by atoms with E-state index in [-0.39, 0.29) is 5.91 Å². The van der Waals surface area contributed by atoms with Crippen molar-refractivity contribution < 1.29 is 14.3 Å². The van der Waals surface area contributed by atoms with Gasteiger partial charge in [-0.15, -0.1) is 0 Å². The average molecular weight is 186 g/mol. The highest BCUT2D eigenvalue weighted by Crippen LogP contribution is 2.16. The van der Waals surface area contributed by atoms with Gasteiger partial charge < -0.3 is 10.1 Å². The van der Waals surface area contributed by atoms with Crippen molar-refractivity contribution in [1.29, 1.82) is 0 Å². The van der Waals surface area contributed by atoms with E-state index in [1.54, 1.807) is 7.11 Å². The molecule has 5 heteroatoms. The Morgan fingerprint density at radius 1 is 1.46 bits per heavy atom. The Kier molecular flexibility index (Phi) is 2.56. The number of ether oxygens (including phenoxy) is 1. The van der Waals surface area contributed by atoms with Crippen LogP contribution >= 0.6 is 0 Å². The summed E-state index contributed by atoms with van der Waals surface area (Å²) in [4.78, 5) is 21.9. The molecule has 0 saturated carbocycles. The molecular weight excluding hydrogens is 172 g/mol. The Morgan fingerprint density at radius 3 is 2.46 bits per heavy atom. The summed E-state index contributed by atoms with van der Waals surface area (Å²) in [7, 11) is 1.58. The Labute approximate surface area is 76.8 Å². The van der Waals surface area contributed by atoms with Crippen LogP contribution in [-0.4, -0.2) is 30.7 Å². The van der Waals surface area contributed by atoms with Gasteiger partial charge in [-0.3, -0.25) is 10.1 Å². The molecule has 0 aromatic carbocycles. The van der Waals surface area contributed by atoms with Gasteiger partial charge in [0.05, 0.1) is 5.60 Å². The van der Waals surface area contributed by atoms with Crippen LogP contribution in [0.15, 0.2) is 0 Å². The first-order valence-electron chi connectivity index (χ1n) is 4.11. The van der Waals surface area contributed by atoms with Crippen LogP contribution in [0.1, 0.15) is 20.3 Å². The van der Waals surface area contributed by atoms with Crippen molar-refractivity contribution in [2.24, 2.45) is 0 Å². The highest BCUT2D eigenvalue weighted by Gasteiger charge is 2.34. The van der Waals surface area contributed by atoms with Crippen LogP contribution in [0.25, 0.3) is 0 Å². The summed E-state index contributed by atoms with van der Waals surface area (Å²) >= 11 is 0. The number of carbonyl (C=O) groups is 2. The molecule has 13 heavy (non-hydrogen) atoms. The molecule has 1 aliphatic heterocycles. The van der Waals surface area contributed by atoms with Crippen molar-refractivity contribution >= 4 is 11.9 Å². The minimum Gasteiger partial charge on any atom is -0.379 e. The average Bonchev–Trinajstić information content (AvgIpc) is 2.30. The number of imide groups is 1. The zero-order valence-electron chi connectivity index (χ0n) is 8.01. The first-order valence-corrected chi connectivity index (χ1v) is 4.11. The zero-order valence-corrected chi connectivity index (χ0v) is 8.01. The van der Waals surface area contributed by atoms with Gasteiger partial charge in [-0.25, -0.2) is 4.79 Å². The van der Waals surface area contributed by atoms with Crippen molar-refractivity contribution in [3.8, 4) is 0 Å². The number of rotatable bonds is 3. The van der Waals surface area contributed by atoms with Gasteiger partial charge in [-0.1, -0.05) is 0 Å². The number of amides is 3. The Balaban J connectivity index is 2.55. The van der Waals surface area contributed by atoms with Crippen molar-refractivity contribution in [2.45, 2.75) is 31.9 Å². The van der Waals surface area contributed by atoms with E-state index in [0.29, 0.717) is 6.42 Å². The van der Waals surface area contributed by atoms with Crippen molar-refractivity contribution in [1.82, 2.24) is 10.6 Å². The molecule has 2 N–H and O–H groups in total. The lowest BCUT2D eigenvalue weighted by Crippen LogP contribution is -2.38. The van der Waals surface area contributed by atoms with Gasteiger partial charge in [-0.2, -0.15) is 0 Å². The van der Waals surface area contributed by atoms with E-state index in [1.807, 2.05) is 13.8 Å². The smallest absolute Gasteiger partial charge is 0.322 e. The molecule has 1 fully saturated rings. The quantitative estimate of drug-likeness (QED) is 0.610. The van der Waals surface area contributed by atoms with Crippen LogP contribution in [0.5, 0.6) is 0 Å². The molecule has 0 aromatic heterocycles. The van der Waals surface area contributed by atoms with Crippen LogP contribution in [0, 0.1) is 0 Å². The summed E-state index contributed by atoms with van der Waals surface area (Å²) in [6, 6.07) is -0.899. The summed E-state index contributed by atoms with van der Waals surface area (Å²) in [5.41, 5.74) is -0.403. The van der Waals surface area contributed by atoms with Crippen LogP contribution in [0.4, 0.5) is 4.79 Å². The highest BCUT2D eigenvalue weighted by atomic mass is 16.5. The molecule has 3 amide bonds. The van der Waals surface area contributed by atoms with Crippen LogP contribution < -0.4 is 10.6 Å². The fraction of sp³-hybridized carbons (Fsp3) is 0.750. The topological polar surface area (TPSA) is 67.4 Å². The summed E-state index contributed by atoms with van der Waals surface area (Å²) in [5, 5.41) is 4.68. The number of hydrogen-bond donors (Lipinski definition) is 2. The molecule has 74 valence electrons. The van der Waals surface area contributed by atoms with Crippen molar-refractivity contribution in [2.75, 3.05) is 7.11 Å². The molecule has 0 bridgehead atoms. The number of urea groups is 1. The Bertz CT molecular complexity index is 238. The maximum absolute atomic E-state index is 11.1. The van der Waals surface area contributed by atoms with Gasteiger partial charge in [0.1, 0.15) is 6.04 Å². The maximum Gasteiger partial charge on any atom is 0.322 e. The summed E-state index contributed by atoms with van der Waals surface area (Å²) < 4.78 is 5.15. The van der Waals surface area contributed by atoms with Gasteiger partial charge in [0.15, 0.2) is 0 Å². The molecule has 1 heterocycles. The second kappa shape index (κ2) is 3.33. The molecule has 1 unspecified atom stereocenters. The van der Waals surface area contributed by atoms with E-state index in [0.717, 1.165) is 0 Å². The minimum absolute atomic E-state index is 0.282. The van der Waals surface area contributed by atoms with Gasteiger partial charge in [0.25, 0.3) is 5.91 Å². The third kappa shape index (κ3) is 2.42. The lowest BCUT2D eigenvalue weighted by atomic mass is 9.99. The number of methoxy groups -OCH3 is 1. The first-order chi connectivity index (χ1) is 5.94. The molecule has 0 aliphatic carbocycles. The summed E-state index contributed by atoms with van der Waals surface area (Å²) in [5.74, 6) is -0.282. The third-order valence-electron chi connectivity index (χ3n) is 2.11. The SMILES string of the molecule is COC(C)(C)CC1NC(=O)NC1=O. The largest absolute Gasteiger partial charge is 0.379 e. The minimum atomic E-state index is -0.470. The molecule has 1 atom stereocenters. The van der Waals surface area contributed by atoms with Crippen LogP contribution in [0.3, 0.4) is 0 Å². The van der Waals surface area contributed by atoms with E-state index in [4.69, 9.17) is 4.74 Å². The Hall–Kier alpha value is -1.10. The molecular formula is C8H14N2O3. The summed E-state index contributed by atoms with van der Waals surface area (Å²) in [6.45, 7) is 3.73. The standard InChI is InChI=1S/C8H14N2O3/c1-8(2,13-3)4-5-6(11)10-7(12)9-5/h5H,4H2,1-3H3,(H2,9,10,11,12). The second-order valence-electron chi connectivity index (χ2n) is 3.68. The fourth-order valence-electron chi connectivity index (χ4n) is 1.18. The monoisotopic (exact) mass is 186 g/mol. The third-order valence-corrected chi connectivity index (χ3v) is 2.11. The highest BCUT2D eigenvalue weighted by molar-refractivity contribution is 6.04. The molecule has 1 aliphatic rings. The van der Waals surface area contributed by atoms with Gasteiger partial charge >= 0.3 is 6.03 Å². The van der Waals surface area contributed by atoms with Gasteiger partial charge in [0.2, 0.25) is 0 Å². The predicted octanol–water partition coefficient (Wildman–Crippen LogP) is 0.00950. The lowest BCUT2D eigenvalue weighted by molar-refractivity contribution is -0.121. The number of hydrogen-bond acceptors (Lipinski definition) is 3. The van der Waals surface area contributed by atoms with Crippen LogP contribution in [0.2, 0.25) is 0 Å². The molecule has 1 saturated heterocycles. The molecule has 1 rings (SSSR count). The van der Waals surface area contributed by atoms with E-state index >= 15 is 0 Å². The van der Waals surface area contributed by atoms with Crippen molar-refractivity contribution in [3.63, 3.8) is 0 Å². The zero-order chi connectivity index (χ0) is 10.1. The molecule has 5 nitrogen and oxygen atoms in total. The Morgan fingerprint density at radius 2 is 2.08 bits per heavy atom. The molecule has 0 spiro atoms. The normalized spacial score (nSPS) is 22.8. The van der Waals surface area contributed by atoms with E-state index in [9.17, 15) is 9.59 Å². The number of carbonyl (C=O) groups excluding carboxylic acids is 2. The second-order valence-corrected chi connectivity index (χ2v) is 3.68.